The van der Waals surface area contributed by atoms with Gasteiger partial charge in [0.05, 0.1) is 17.3 Å². The zero-order valence-electron chi connectivity index (χ0n) is 14.0. The number of aromatic hydroxyl groups is 1. The van der Waals surface area contributed by atoms with E-state index in [1.54, 1.807) is 12.1 Å². The summed E-state index contributed by atoms with van der Waals surface area (Å²) in [5.41, 5.74) is 2.56. The first-order valence-electron chi connectivity index (χ1n) is 8.09. The number of nitrogens with one attached hydrogen (secondary N) is 1. The quantitative estimate of drug-likeness (QED) is 0.903. The van der Waals surface area contributed by atoms with Crippen molar-refractivity contribution >= 4 is 5.82 Å². The highest BCUT2D eigenvalue weighted by Gasteiger charge is 2.18. The van der Waals surface area contributed by atoms with E-state index >= 15 is 0 Å². The van der Waals surface area contributed by atoms with Crippen molar-refractivity contribution in [3.8, 4) is 23.1 Å². The van der Waals surface area contributed by atoms with Gasteiger partial charge < -0.3 is 15.3 Å². The Bertz CT molecular complexity index is 783. The van der Waals surface area contributed by atoms with Crippen LogP contribution in [0.2, 0.25) is 0 Å². The van der Waals surface area contributed by atoms with E-state index in [0.29, 0.717) is 22.9 Å². The van der Waals surface area contributed by atoms with Crippen molar-refractivity contribution in [1.29, 1.82) is 5.26 Å². The van der Waals surface area contributed by atoms with E-state index < -0.39 is 0 Å². The molecule has 0 amide bonds. The minimum absolute atomic E-state index is 0.0427. The summed E-state index contributed by atoms with van der Waals surface area (Å²) in [6.45, 7) is 4.08. The molecule has 1 atom stereocenters. The van der Waals surface area contributed by atoms with Crippen molar-refractivity contribution in [1.82, 2.24) is 15.1 Å². The second-order valence-corrected chi connectivity index (χ2v) is 6.35. The molecule has 0 spiro atoms. The van der Waals surface area contributed by atoms with Crippen molar-refractivity contribution < 1.29 is 5.11 Å². The maximum atomic E-state index is 10.1. The first kappa shape index (κ1) is 16.2. The topological polar surface area (TPSA) is 85.1 Å². The highest BCUT2D eigenvalue weighted by Crippen LogP contribution is 2.31. The van der Waals surface area contributed by atoms with Gasteiger partial charge in [-0.1, -0.05) is 0 Å². The number of nitriles is 1. The summed E-state index contributed by atoms with van der Waals surface area (Å²) in [6, 6.07) is 9.16. The van der Waals surface area contributed by atoms with Gasteiger partial charge >= 0.3 is 0 Å². The first-order chi connectivity index (χ1) is 11.6. The first-order valence-corrected chi connectivity index (χ1v) is 8.09. The highest BCUT2D eigenvalue weighted by atomic mass is 16.3. The van der Waals surface area contributed by atoms with Crippen LogP contribution >= 0.6 is 0 Å². The Morgan fingerprint density at radius 1 is 1.33 bits per heavy atom. The molecule has 124 valence electrons. The molecule has 6 nitrogen and oxygen atoms in total. The molecule has 3 rings (SSSR count). The summed E-state index contributed by atoms with van der Waals surface area (Å²) in [5.74, 6) is 0.797. The molecule has 6 heteroatoms. The molecule has 1 saturated heterocycles. The van der Waals surface area contributed by atoms with Gasteiger partial charge in [-0.2, -0.15) is 5.26 Å². The van der Waals surface area contributed by atoms with Gasteiger partial charge in [0, 0.05) is 18.2 Å². The molecular weight excluding hydrogens is 302 g/mol. The van der Waals surface area contributed by atoms with E-state index in [1.807, 2.05) is 19.1 Å². The molecule has 0 saturated carbocycles. The van der Waals surface area contributed by atoms with Crippen LogP contribution in [0.15, 0.2) is 24.3 Å². The van der Waals surface area contributed by atoms with Crippen LogP contribution in [0.3, 0.4) is 0 Å². The Morgan fingerprint density at radius 3 is 2.83 bits per heavy atom. The molecule has 0 unspecified atom stereocenters. The Hall–Kier alpha value is -2.65. The van der Waals surface area contributed by atoms with Crippen LogP contribution in [0.1, 0.15) is 24.0 Å². The number of aromatic nitrogens is 2. The highest BCUT2D eigenvalue weighted by molar-refractivity contribution is 5.71. The van der Waals surface area contributed by atoms with Gasteiger partial charge in [-0.05, 0) is 63.2 Å². The third kappa shape index (κ3) is 3.47. The number of phenolic OH excluding ortho intramolecular Hbond substituents is 1. The summed E-state index contributed by atoms with van der Waals surface area (Å²) < 4.78 is 0. The number of rotatable bonds is 3. The SMILES string of the molecule is Cc1cc(N[C@@H]2CCCN(C)C2)nnc1-c1ccc(C#N)cc1O. The van der Waals surface area contributed by atoms with Crippen molar-refractivity contribution in [3.05, 3.63) is 35.4 Å². The molecule has 2 heterocycles. The normalized spacial score (nSPS) is 18.1. The number of anilines is 1. The molecule has 1 aromatic heterocycles. The fourth-order valence-corrected chi connectivity index (χ4v) is 3.12. The monoisotopic (exact) mass is 323 g/mol. The number of likely N-dealkylation sites (tertiary alicyclic amines) is 1. The summed E-state index contributed by atoms with van der Waals surface area (Å²) in [7, 11) is 2.13. The third-order valence-electron chi connectivity index (χ3n) is 4.34. The van der Waals surface area contributed by atoms with Gasteiger partial charge in [0.2, 0.25) is 0 Å². The molecule has 0 radical (unpaired) electrons. The number of hydrogen-bond donors (Lipinski definition) is 2. The zero-order valence-corrected chi connectivity index (χ0v) is 14.0. The zero-order chi connectivity index (χ0) is 17.1. The van der Waals surface area contributed by atoms with Gasteiger partial charge in [-0.15, -0.1) is 10.2 Å². The second-order valence-electron chi connectivity index (χ2n) is 6.35. The van der Waals surface area contributed by atoms with Crippen LogP contribution in [-0.4, -0.2) is 46.4 Å². The van der Waals surface area contributed by atoms with Crippen molar-refractivity contribution in [2.75, 3.05) is 25.5 Å². The number of benzene rings is 1. The van der Waals surface area contributed by atoms with Gasteiger partial charge in [0.25, 0.3) is 0 Å². The second kappa shape index (κ2) is 6.85. The lowest BCUT2D eigenvalue weighted by Gasteiger charge is -2.30. The summed E-state index contributed by atoms with van der Waals surface area (Å²) in [5, 5.41) is 31.0. The molecule has 24 heavy (non-hydrogen) atoms. The van der Waals surface area contributed by atoms with Gasteiger partial charge in [0.1, 0.15) is 11.6 Å². The number of hydrogen-bond acceptors (Lipinski definition) is 6. The maximum absolute atomic E-state index is 10.1. The number of piperidine rings is 1. The van der Waals surface area contributed by atoms with Crippen LogP contribution in [0, 0.1) is 18.3 Å². The fourth-order valence-electron chi connectivity index (χ4n) is 3.12. The van der Waals surface area contributed by atoms with Crippen LogP contribution in [0.25, 0.3) is 11.3 Å². The van der Waals surface area contributed by atoms with E-state index in [9.17, 15) is 5.11 Å². The number of aryl methyl sites for hydroxylation is 1. The van der Waals surface area contributed by atoms with Crippen LogP contribution in [0.4, 0.5) is 5.82 Å². The van der Waals surface area contributed by atoms with E-state index in [2.05, 4.69) is 27.5 Å². The largest absolute Gasteiger partial charge is 0.507 e. The average Bonchev–Trinajstić information content (AvgIpc) is 2.55. The number of likely N-dealkylation sites (N-methyl/N-ethyl adjacent to an activating group) is 1. The molecule has 1 aliphatic rings. The predicted molar refractivity (Wildman–Crippen MR) is 92.7 cm³/mol. The van der Waals surface area contributed by atoms with Crippen molar-refractivity contribution in [3.63, 3.8) is 0 Å². The maximum Gasteiger partial charge on any atom is 0.149 e. The Morgan fingerprint density at radius 2 is 2.17 bits per heavy atom. The number of nitrogens with zero attached hydrogens (tertiary/aromatic N) is 4. The number of phenols is 1. The Balaban J connectivity index is 1.81. The van der Waals surface area contributed by atoms with Crippen LogP contribution < -0.4 is 5.32 Å². The summed E-state index contributed by atoms with van der Waals surface area (Å²) in [6.07, 6.45) is 2.31. The fraction of sp³-hybridized carbons (Fsp3) is 0.389. The molecule has 0 aliphatic carbocycles. The van der Waals surface area contributed by atoms with E-state index in [0.717, 1.165) is 30.9 Å². The smallest absolute Gasteiger partial charge is 0.149 e. The van der Waals surface area contributed by atoms with Crippen molar-refractivity contribution in [2.24, 2.45) is 0 Å². The molecule has 1 fully saturated rings. The molecule has 2 N–H and O–H groups in total. The molecule has 2 aromatic rings. The average molecular weight is 323 g/mol. The van der Waals surface area contributed by atoms with Crippen LogP contribution in [0.5, 0.6) is 5.75 Å². The minimum Gasteiger partial charge on any atom is -0.507 e. The van der Waals surface area contributed by atoms with Gasteiger partial charge in [0.15, 0.2) is 0 Å². The van der Waals surface area contributed by atoms with E-state index in [-0.39, 0.29) is 5.75 Å². The molecule has 1 aliphatic heterocycles. The lowest BCUT2D eigenvalue weighted by molar-refractivity contribution is 0.260. The van der Waals surface area contributed by atoms with E-state index in [1.165, 1.54) is 12.5 Å². The molecule has 0 bridgehead atoms. The predicted octanol–water partition coefficient (Wildman–Crippen LogP) is 2.54. The van der Waals surface area contributed by atoms with Gasteiger partial charge in [-0.3, -0.25) is 0 Å². The molecular formula is C18H21N5O. The third-order valence-corrected chi connectivity index (χ3v) is 4.34. The van der Waals surface area contributed by atoms with Crippen molar-refractivity contribution in [2.45, 2.75) is 25.8 Å². The molecule has 1 aromatic carbocycles. The Labute approximate surface area is 141 Å². The van der Waals surface area contributed by atoms with E-state index in [4.69, 9.17) is 5.26 Å². The lowest BCUT2D eigenvalue weighted by Crippen LogP contribution is -2.39. The van der Waals surface area contributed by atoms with Crippen LogP contribution in [-0.2, 0) is 0 Å². The standard InChI is InChI=1S/C18H21N5O/c1-12-8-17(20-14-4-3-7-23(2)11-14)21-22-18(12)15-6-5-13(10-19)9-16(15)24/h5-6,8-9,14,24H,3-4,7,11H2,1-2H3,(H,20,21)/t14-/m1/s1. The summed E-state index contributed by atoms with van der Waals surface area (Å²) in [4.78, 5) is 2.31. The Kier molecular flexibility index (Phi) is 4.63. The lowest BCUT2D eigenvalue weighted by atomic mass is 10.0. The van der Waals surface area contributed by atoms with Gasteiger partial charge in [-0.25, -0.2) is 0 Å². The summed E-state index contributed by atoms with van der Waals surface area (Å²) >= 11 is 0. The minimum atomic E-state index is 0.0427.